The Hall–Kier alpha value is -0.663. The van der Waals surface area contributed by atoms with Crippen molar-refractivity contribution < 1.29 is 4.79 Å². The van der Waals surface area contributed by atoms with Crippen LogP contribution in [-0.4, -0.2) is 20.7 Å². The van der Waals surface area contributed by atoms with Crippen LogP contribution in [0.25, 0.3) is 0 Å². The second-order valence-corrected chi connectivity index (χ2v) is 8.97. The van der Waals surface area contributed by atoms with Crippen molar-refractivity contribution in [1.29, 1.82) is 0 Å². The van der Waals surface area contributed by atoms with Gasteiger partial charge >= 0.3 is 0 Å². The van der Waals surface area contributed by atoms with Gasteiger partial charge in [0.05, 0.1) is 14.6 Å². The van der Waals surface area contributed by atoms with E-state index in [-0.39, 0.29) is 0 Å². The zero-order valence-corrected chi connectivity index (χ0v) is 8.97. The first-order valence-electron chi connectivity index (χ1n) is 4.27. The van der Waals surface area contributed by atoms with Crippen molar-refractivity contribution in [3.8, 4) is 0 Å². The Morgan fingerprint density at radius 1 is 1.58 bits per heavy atom. The average Bonchev–Trinajstić information content (AvgIpc) is 1.98. The van der Waals surface area contributed by atoms with Crippen molar-refractivity contribution in [2.24, 2.45) is 4.99 Å². The summed E-state index contributed by atoms with van der Waals surface area (Å²) in [4.78, 5) is 13.3. The van der Waals surface area contributed by atoms with Crippen molar-refractivity contribution in [2.45, 2.75) is 31.6 Å². The fourth-order valence-electron chi connectivity index (χ4n) is 1.18. The summed E-state index contributed by atoms with van der Waals surface area (Å²) in [5, 5.41) is 0. The standard InChI is InChI=1S/C9H17NOSi/c1-4-7-12(2,3)8-5-6-10-9-11/h4H,1,5-8H2,2-3H3. The van der Waals surface area contributed by atoms with Gasteiger partial charge in [0, 0.05) is 0 Å². The van der Waals surface area contributed by atoms with Crippen LogP contribution in [0.2, 0.25) is 25.2 Å². The number of hydrogen-bond acceptors (Lipinski definition) is 2. The van der Waals surface area contributed by atoms with Crippen LogP contribution in [0.3, 0.4) is 0 Å². The molecule has 0 aliphatic heterocycles. The monoisotopic (exact) mass is 183 g/mol. The molecule has 0 spiro atoms. The average molecular weight is 183 g/mol. The third-order valence-electron chi connectivity index (χ3n) is 1.88. The van der Waals surface area contributed by atoms with Crippen LogP contribution in [0.4, 0.5) is 0 Å². The van der Waals surface area contributed by atoms with Gasteiger partial charge in [0.2, 0.25) is 6.08 Å². The molecule has 2 nitrogen and oxygen atoms in total. The predicted molar refractivity (Wildman–Crippen MR) is 54.9 cm³/mol. The Morgan fingerprint density at radius 2 is 2.25 bits per heavy atom. The minimum atomic E-state index is -1.06. The lowest BCUT2D eigenvalue weighted by molar-refractivity contribution is 0.562. The molecule has 3 heteroatoms. The quantitative estimate of drug-likeness (QED) is 0.205. The van der Waals surface area contributed by atoms with E-state index in [1.807, 2.05) is 6.08 Å². The van der Waals surface area contributed by atoms with Gasteiger partial charge in [-0.2, -0.15) is 0 Å². The van der Waals surface area contributed by atoms with Crippen LogP contribution < -0.4 is 0 Å². The lowest BCUT2D eigenvalue weighted by atomic mass is 10.5. The largest absolute Gasteiger partial charge is 0.234 e. The molecule has 0 amide bonds. The van der Waals surface area contributed by atoms with Crippen LogP contribution in [-0.2, 0) is 4.79 Å². The van der Waals surface area contributed by atoms with E-state index in [0.29, 0.717) is 6.54 Å². The summed E-state index contributed by atoms with van der Waals surface area (Å²) in [5.41, 5.74) is 0. The highest BCUT2D eigenvalue weighted by atomic mass is 28.3. The fraction of sp³-hybridized carbons (Fsp3) is 0.667. The van der Waals surface area contributed by atoms with E-state index in [4.69, 9.17) is 0 Å². The molecular weight excluding hydrogens is 166 g/mol. The number of aliphatic imine (C=N–C) groups is 1. The Bertz CT molecular complexity index is 183. The van der Waals surface area contributed by atoms with Crippen LogP contribution in [0.1, 0.15) is 6.42 Å². The molecule has 0 aliphatic rings. The molecule has 0 atom stereocenters. The Labute approximate surface area is 75.4 Å². The lowest BCUT2D eigenvalue weighted by Crippen LogP contribution is -2.23. The number of rotatable bonds is 6. The van der Waals surface area contributed by atoms with Crippen LogP contribution in [0.15, 0.2) is 17.6 Å². The van der Waals surface area contributed by atoms with E-state index < -0.39 is 8.07 Å². The summed E-state index contributed by atoms with van der Waals surface area (Å²) in [6.07, 6.45) is 4.57. The highest BCUT2D eigenvalue weighted by molar-refractivity contribution is 6.77. The first-order chi connectivity index (χ1) is 5.62. The molecule has 0 heterocycles. The molecule has 0 aromatic rings. The molecule has 0 aromatic heterocycles. The maximum absolute atomic E-state index is 9.76. The SMILES string of the molecule is C=CC[Si](C)(C)CCCN=C=O. The smallest absolute Gasteiger partial charge is 0.211 e. The van der Waals surface area contributed by atoms with E-state index in [1.54, 1.807) is 6.08 Å². The summed E-state index contributed by atoms with van der Waals surface area (Å²) in [6.45, 7) is 9.04. The van der Waals surface area contributed by atoms with E-state index in [9.17, 15) is 4.79 Å². The summed E-state index contributed by atoms with van der Waals surface area (Å²) < 4.78 is 0. The first-order valence-corrected chi connectivity index (χ1v) is 7.68. The highest BCUT2D eigenvalue weighted by Gasteiger charge is 2.17. The van der Waals surface area contributed by atoms with Crippen molar-refractivity contribution in [3.05, 3.63) is 12.7 Å². The third-order valence-corrected chi connectivity index (χ3v) is 4.99. The molecule has 0 radical (unpaired) electrons. The molecule has 12 heavy (non-hydrogen) atoms. The Kier molecular flexibility index (Phi) is 5.59. The second kappa shape index (κ2) is 5.92. The molecule has 68 valence electrons. The maximum Gasteiger partial charge on any atom is 0.234 e. The molecule has 0 bridgehead atoms. The number of isocyanates is 1. The van der Waals surface area contributed by atoms with E-state index >= 15 is 0 Å². The van der Waals surface area contributed by atoms with Crippen LogP contribution in [0.5, 0.6) is 0 Å². The number of allylic oxidation sites excluding steroid dienone is 1. The topological polar surface area (TPSA) is 29.4 Å². The van der Waals surface area contributed by atoms with Crippen LogP contribution in [0, 0.1) is 0 Å². The normalized spacial score (nSPS) is 10.5. The van der Waals surface area contributed by atoms with Crippen molar-refractivity contribution in [3.63, 3.8) is 0 Å². The molecule has 0 aliphatic carbocycles. The van der Waals surface area contributed by atoms with Gasteiger partial charge in [-0.05, 0) is 12.5 Å². The van der Waals surface area contributed by atoms with Crippen molar-refractivity contribution in [1.82, 2.24) is 0 Å². The molecule has 0 aromatic carbocycles. The summed E-state index contributed by atoms with van der Waals surface area (Å²) in [5.74, 6) is 0. The molecule has 0 fully saturated rings. The van der Waals surface area contributed by atoms with Crippen molar-refractivity contribution >= 4 is 14.2 Å². The van der Waals surface area contributed by atoms with Gasteiger partial charge in [-0.3, -0.25) is 0 Å². The summed E-state index contributed by atoms with van der Waals surface area (Å²) in [6, 6.07) is 2.36. The predicted octanol–water partition coefficient (Wildman–Crippen LogP) is 2.61. The zero-order chi connectivity index (χ0) is 9.45. The lowest BCUT2D eigenvalue weighted by Gasteiger charge is -2.19. The van der Waals surface area contributed by atoms with Gasteiger partial charge in [-0.1, -0.05) is 25.2 Å². The second-order valence-electron chi connectivity index (χ2n) is 3.73. The molecular formula is C9H17NOSi. The summed E-state index contributed by atoms with van der Waals surface area (Å²) >= 11 is 0. The van der Waals surface area contributed by atoms with E-state index in [0.717, 1.165) is 12.5 Å². The Morgan fingerprint density at radius 3 is 2.75 bits per heavy atom. The van der Waals surface area contributed by atoms with E-state index in [2.05, 4.69) is 24.7 Å². The van der Waals surface area contributed by atoms with E-state index in [1.165, 1.54) is 6.04 Å². The van der Waals surface area contributed by atoms with Gasteiger partial charge < -0.3 is 0 Å². The van der Waals surface area contributed by atoms with Gasteiger partial charge in [0.15, 0.2) is 0 Å². The zero-order valence-electron chi connectivity index (χ0n) is 7.97. The molecule has 0 rings (SSSR count). The molecule has 0 saturated carbocycles. The third kappa shape index (κ3) is 6.07. The molecule has 0 N–H and O–H groups in total. The number of carbonyl (C=O) groups excluding carboxylic acids is 1. The van der Waals surface area contributed by atoms with Gasteiger partial charge in [-0.25, -0.2) is 9.79 Å². The fourth-order valence-corrected chi connectivity index (χ4v) is 3.28. The van der Waals surface area contributed by atoms with Gasteiger partial charge in [0.25, 0.3) is 0 Å². The number of nitrogens with zero attached hydrogens (tertiary/aromatic N) is 1. The minimum Gasteiger partial charge on any atom is -0.211 e. The number of hydrogen-bond donors (Lipinski definition) is 0. The molecule has 0 unspecified atom stereocenters. The summed E-state index contributed by atoms with van der Waals surface area (Å²) in [7, 11) is -1.06. The Balaban J connectivity index is 3.59. The van der Waals surface area contributed by atoms with Crippen molar-refractivity contribution in [2.75, 3.05) is 6.54 Å². The highest BCUT2D eigenvalue weighted by Crippen LogP contribution is 2.17. The molecule has 0 saturated heterocycles. The first kappa shape index (κ1) is 11.3. The van der Waals surface area contributed by atoms with Gasteiger partial charge in [-0.15, -0.1) is 6.58 Å². The van der Waals surface area contributed by atoms with Gasteiger partial charge in [0.1, 0.15) is 0 Å². The van der Waals surface area contributed by atoms with Crippen LogP contribution >= 0.6 is 0 Å². The maximum atomic E-state index is 9.76. The minimum absolute atomic E-state index is 0.636.